The molecule has 0 fully saturated rings. The molecule has 2 unspecified atom stereocenters. The molecule has 0 aromatic rings. The minimum absolute atomic E-state index is 0.0404. The summed E-state index contributed by atoms with van der Waals surface area (Å²) in [5.41, 5.74) is 0. The lowest BCUT2D eigenvalue weighted by Crippen LogP contribution is -2.21. The molecule has 0 heterocycles. The summed E-state index contributed by atoms with van der Waals surface area (Å²) in [5.74, 6) is -0.296. The minimum Gasteiger partial charge on any atom is -0.465 e. The van der Waals surface area contributed by atoms with Crippen molar-refractivity contribution < 1.29 is 13.7 Å². The van der Waals surface area contributed by atoms with E-state index >= 15 is 0 Å². The van der Waals surface area contributed by atoms with Crippen molar-refractivity contribution in [2.45, 2.75) is 45.3 Å². The first kappa shape index (κ1) is 13.6. The first-order chi connectivity index (χ1) is 6.61. The Morgan fingerprint density at radius 1 is 1.43 bits per heavy atom. The Bertz CT molecular complexity index is 192. The van der Waals surface area contributed by atoms with Gasteiger partial charge in [0.1, 0.15) is 5.75 Å². The third kappa shape index (κ3) is 6.13. The summed E-state index contributed by atoms with van der Waals surface area (Å²) in [6, 6.07) is 0. The summed E-state index contributed by atoms with van der Waals surface area (Å²) in [6.45, 7) is 6.33. The summed E-state index contributed by atoms with van der Waals surface area (Å²) in [4.78, 5) is 11.1. The van der Waals surface area contributed by atoms with E-state index in [0.717, 1.165) is 19.3 Å². The van der Waals surface area contributed by atoms with Crippen molar-refractivity contribution >= 4 is 16.8 Å². The van der Waals surface area contributed by atoms with E-state index in [0.29, 0.717) is 6.61 Å². The van der Waals surface area contributed by atoms with Gasteiger partial charge >= 0.3 is 5.97 Å². The number of carbonyl (C=O) groups is 1. The van der Waals surface area contributed by atoms with Gasteiger partial charge in [0.05, 0.1) is 6.61 Å². The highest BCUT2D eigenvalue weighted by Crippen LogP contribution is 2.01. The summed E-state index contributed by atoms with van der Waals surface area (Å²) < 4.78 is 16.3. The summed E-state index contributed by atoms with van der Waals surface area (Å²) >= 11 is 0. The lowest BCUT2D eigenvalue weighted by atomic mass is 10.4. The van der Waals surface area contributed by atoms with Crippen molar-refractivity contribution in [3.8, 4) is 0 Å². The molecule has 0 aromatic carbocycles. The van der Waals surface area contributed by atoms with Crippen LogP contribution in [-0.2, 0) is 20.3 Å². The van der Waals surface area contributed by atoms with Gasteiger partial charge in [-0.1, -0.05) is 27.2 Å². The molecule has 0 aliphatic heterocycles. The fraction of sp³-hybridized carbons (Fsp3) is 0.900. The molecular formula is C10H20O3S. The van der Waals surface area contributed by atoms with Gasteiger partial charge in [0.2, 0.25) is 0 Å². The van der Waals surface area contributed by atoms with Gasteiger partial charge in [-0.05, 0) is 12.8 Å². The Balaban J connectivity index is 3.66. The van der Waals surface area contributed by atoms with Crippen LogP contribution in [0, 0.1) is 0 Å². The van der Waals surface area contributed by atoms with Crippen LogP contribution in [0.3, 0.4) is 0 Å². The molecule has 0 radical (unpaired) electrons. The second-order valence-corrected chi connectivity index (χ2v) is 5.17. The maximum absolute atomic E-state index is 11.4. The van der Waals surface area contributed by atoms with Crippen molar-refractivity contribution in [3.05, 3.63) is 0 Å². The average Bonchev–Trinajstić information content (AvgIpc) is 2.16. The molecule has 0 amide bonds. The monoisotopic (exact) mass is 220 g/mol. The maximum atomic E-state index is 11.4. The first-order valence-electron chi connectivity index (χ1n) is 5.14. The highest BCUT2D eigenvalue weighted by molar-refractivity contribution is 7.86. The molecule has 0 rings (SSSR count). The highest BCUT2D eigenvalue weighted by atomic mass is 32.2. The molecule has 84 valence electrons. The zero-order valence-electron chi connectivity index (χ0n) is 9.25. The number of esters is 1. The van der Waals surface area contributed by atoms with Gasteiger partial charge in [0, 0.05) is 16.0 Å². The Hall–Kier alpha value is -0.380. The molecule has 0 aliphatic rings. The van der Waals surface area contributed by atoms with Crippen molar-refractivity contribution in [2.75, 3.05) is 12.4 Å². The second-order valence-electron chi connectivity index (χ2n) is 3.32. The van der Waals surface area contributed by atoms with E-state index in [-0.39, 0.29) is 17.0 Å². The van der Waals surface area contributed by atoms with Gasteiger partial charge in [-0.2, -0.15) is 0 Å². The number of carbonyl (C=O) groups excluding carboxylic acids is 1. The highest BCUT2D eigenvalue weighted by Gasteiger charge is 2.13. The van der Waals surface area contributed by atoms with Crippen LogP contribution in [0.25, 0.3) is 0 Å². The van der Waals surface area contributed by atoms with Gasteiger partial charge in [-0.25, -0.2) is 0 Å². The van der Waals surface area contributed by atoms with E-state index in [1.165, 1.54) is 0 Å². The smallest absolute Gasteiger partial charge is 0.318 e. The molecular weight excluding hydrogens is 200 g/mol. The molecule has 4 heteroatoms. The van der Waals surface area contributed by atoms with E-state index in [4.69, 9.17) is 4.74 Å². The standard InChI is InChI=1S/C10H20O3S/c1-4-6-7-13-10(11)8-14(12)9(3)5-2/h9H,4-8H2,1-3H3. The first-order valence-corrected chi connectivity index (χ1v) is 6.52. The molecule has 14 heavy (non-hydrogen) atoms. The Morgan fingerprint density at radius 2 is 2.07 bits per heavy atom. The molecule has 0 aromatic heterocycles. The van der Waals surface area contributed by atoms with Crippen LogP contribution in [0.5, 0.6) is 0 Å². The average molecular weight is 220 g/mol. The number of hydrogen-bond acceptors (Lipinski definition) is 3. The van der Waals surface area contributed by atoms with Crippen LogP contribution in [0.15, 0.2) is 0 Å². The van der Waals surface area contributed by atoms with Crippen molar-refractivity contribution in [1.29, 1.82) is 0 Å². The topological polar surface area (TPSA) is 43.4 Å². The lowest BCUT2D eigenvalue weighted by molar-refractivity contribution is -0.140. The number of hydrogen-bond donors (Lipinski definition) is 0. The third-order valence-corrected chi connectivity index (χ3v) is 3.80. The Labute approximate surface area is 88.7 Å². The second kappa shape index (κ2) is 7.97. The van der Waals surface area contributed by atoms with Crippen LogP contribution in [-0.4, -0.2) is 27.8 Å². The lowest BCUT2D eigenvalue weighted by Gasteiger charge is -2.08. The van der Waals surface area contributed by atoms with E-state index < -0.39 is 10.8 Å². The zero-order chi connectivity index (χ0) is 11.0. The van der Waals surface area contributed by atoms with Gasteiger partial charge < -0.3 is 4.74 Å². The van der Waals surface area contributed by atoms with Gasteiger partial charge in [0.25, 0.3) is 0 Å². The summed E-state index contributed by atoms with van der Waals surface area (Å²) in [5, 5.41) is 0.0775. The molecule has 0 saturated carbocycles. The molecule has 3 nitrogen and oxygen atoms in total. The van der Waals surface area contributed by atoms with Crippen LogP contribution >= 0.6 is 0 Å². The van der Waals surface area contributed by atoms with Gasteiger partial charge in [0.15, 0.2) is 0 Å². The largest absolute Gasteiger partial charge is 0.465 e. The van der Waals surface area contributed by atoms with Crippen molar-refractivity contribution in [2.24, 2.45) is 0 Å². The zero-order valence-corrected chi connectivity index (χ0v) is 10.1. The Kier molecular flexibility index (Phi) is 7.76. The van der Waals surface area contributed by atoms with E-state index in [1.54, 1.807) is 0 Å². The summed E-state index contributed by atoms with van der Waals surface area (Å²) in [6.07, 6.45) is 2.71. The fourth-order valence-electron chi connectivity index (χ4n) is 0.816. The van der Waals surface area contributed by atoms with E-state index in [1.807, 2.05) is 20.8 Å². The molecule has 2 atom stereocenters. The third-order valence-electron chi connectivity index (χ3n) is 2.04. The predicted octanol–water partition coefficient (Wildman–Crippen LogP) is 1.88. The normalized spacial score (nSPS) is 14.8. The van der Waals surface area contributed by atoms with Crippen LogP contribution in [0.1, 0.15) is 40.0 Å². The quantitative estimate of drug-likeness (QED) is 0.486. The van der Waals surface area contributed by atoms with Crippen molar-refractivity contribution in [1.82, 2.24) is 0 Å². The molecule has 0 bridgehead atoms. The van der Waals surface area contributed by atoms with Gasteiger partial charge in [-0.3, -0.25) is 9.00 Å². The number of ether oxygens (including phenoxy) is 1. The SMILES string of the molecule is CCCCOC(=O)CS(=O)C(C)CC. The predicted molar refractivity (Wildman–Crippen MR) is 58.6 cm³/mol. The molecule has 0 spiro atoms. The minimum atomic E-state index is -1.07. The van der Waals surface area contributed by atoms with E-state index in [2.05, 4.69) is 0 Å². The van der Waals surface area contributed by atoms with Crippen molar-refractivity contribution in [3.63, 3.8) is 0 Å². The Morgan fingerprint density at radius 3 is 2.57 bits per heavy atom. The number of rotatable bonds is 7. The number of unbranched alkanes of at least 4 members (excludes halogenated alkanes) is 1. The van der Waals surface area contributed by atoms with Gasteiger partial charge in [-0.15, -0.1) is 0 Å². The fourth-order valence-corrected chi connectivity index (χ4v) is 1.79. The summed E-state index contributed by atoms with van der Waals surface area (Å²) in [7, 11) is -1.07. The maximum Gasteiger partial charge on any atom is 0.318 e. The van der Waals surface area contributed by atoms with Crippen LogP contribution in [0.2, 0.25) is 0 Å². The van der Waals surface area contributed by atoms with Crippen LogP contribution in [0.4, 0.5) is 0 Å². The molecule has 0 saturated heterocycles. The van der Waals surface area contributed by atoms with Crippen LogP contribution < -0.4 is 0 Å². The molecule has 0 aliphatic carbocycles. The molecule has 0 N–H and O–H groups in total. The van der Waals surface area contributed by atoms with E-state index in [9.17, 15) is 9.00 Å².